The van der Waals surface area contributed by atoms with Crippen LogP contribution in [0.2, 0.25) is 0 Å². The van der Waals surface area contributed by atoms with Crippen molar-refractivity contribution in [1.29, 1.82) is 0 Å². The van der Waals surface area contributed by atoms with E-state index in [1.165, 1.54) is 12.1 Å². The summed E-state index contributed by atoms with van der Waals surface area (Å²) in [4.78, 5) is 23.1. The fourth-order valence-electron chi connectivity index (χ4n) is 2.43. The molecule has 1 atom stereocenters. The van der Waals surface area contributed by atoms with Gasteiger partial charge in [0.05, 0.1) is 4.92 Å². The number of esters is 1. The van der Waals surface area contributed by atoms with Gasteiger partial charge in [-0.25, -0.2) is 4.79 Å². The summed E-state index contributed by atoms with van der Waals surface area (Å²) in [6.07, 6.45) is 0. The quantitative estimate of drug-likeness (QED) is 0.514. The fourth-order valence-corrected chi connectivity index (χ4v) is 2.43. The Morgan fingerprint density at radius 1 is 1.23 bits per heavy atom. The van der Waals surface area contributed by atoms with Gasteiger partial charge in [0.2, 0.25) is 0 Å². The zero-order valence-electron chi connectivity index (χ0n) is 14.0. The molecular formula is C16H24N2O4. The minimum atomic E-state index is -1.05. The second-order valence-electron chi connectivity index (χ2n) is 6.52. The number of benzene rings is 1. The first-order valence-electron chi connectivity index (χ1n) is 7.22. The second kappa shape index (κ2) is 6.44. The molecule has 0 aliphatic heterocycles. The Morgan fingerprint density at radius 3 is 2.05 bits per heavy atom. The average molecular weight is 308 g/mol. The Bertz CT molecular complexity index is 546. The zero-order valence-corrected chi connectivity index (χ0v) is 14.0. The molecular weight excluding hydrogens is 284 g/mol. The molecule has 0 saturated heterocycles. The minimum Gasteiger partial charge on any atom is -0.458 e. The monoisotopic (exact) mass is 308 g/mol. The molecule has 6 heteroatoms. The molecule has 0 aliphatic rings. The third-order valence-electron chi connectivity index (χ3n) is 3.51. The van der Waals surface area contributed by atoms with Gasteiger partial charge in [0, 0.05) is 12.1 Å². The van der Waals surface area contributed by atoms with Crippen molar-refractivity contribution in [2.45, 2.75) is 45.8 Å². The highest BCUT2D eigenvalue weighted by Gasteiger charge is 2.45. The number of non-ortho nitro benzene ring substituents is 1. The predicted octanol–water partition coefficient (Wildman–Crippen LogP) is 3.01. The number of nitrogens with one attached hydrogen (secondary N) is 1. The van der Waals surface area contributed by atoms with Crippen molar-refractivity contribution >= 4 is 11.7 Å². The average Bonchev–Trinajstić information content (AvgIpc) is 2.38. The number of nitro benzene ring substituents is 1. The van der Waals surface area contributed by atoms with E-state index in [9.17, 15) is 14.9 Å². The number of carbonyl (C=O) groups excluding carboxylic acids is 1. The van der Waals surface area contributed by atoms with Crippen LogP contribution >= 0.6 is 0 Å². The summed E-state index contributed by atoms with van der Waals surface area (Å²) in [5, 5.41) is 13.8. The number of hydrogen-bond acceptors (Lipinski definition) is 5. The van der Waals surface area contributed by atoms with Crippen LogP contribution in [-0.2, 0) is 15.1 Å². The van der Waals surface area contributed by atoms with E-state index in [2.05, 4.69) is 5.32 Å². The predicted molar refractivity (Wildman–Crippen MR) is 84.5 cm³/mol. The van der Waals surface area contributed by atoms with Gasteiger partial charge in [0.15, 0.2) is 0 Å². The fraction of sp³-hybridized carbons (Fsp3) is 0.562. The molecule has 0 heterocycles. The van der Waals surface area contributed by atoms with Gasteiger partial charge in [0.25, 0.3) is 5.69 Å². The Kier molecular flexibility index (Phi) is 5.30. The molecule has 0 saturated carbocycles. The summed E-state index contributed by atoms with van der Waals surface area (Å²) in [7, 11) is 1.69. The molecule has 0 amide bonds. The molecule has 1 aromatic rings. The minimum absolute atomic E-state index is 0.0123. The molecule has 0 aromatic heterocycles. The molecule has 6 nitrogen and oxygen atoms in total. The highest BCUT2D eigenvalue weighted by atomic mass is 16.6. The lowest BCUT2D eigenvalue weighted by molar-refractivity contribution is -0.384. The molecule has 0 fully saturated rings. The SMILES string of the molecule is CN[C@@](C(=O)OC(C)(C)C)(c1ccc([N+](=O)[O-])cc1)C(C)C. The van der Waals surface area contributed by atoms with E-state index in [1.807, 2.05) is 34.6 Å². The van der Waals surface area contributed by atoms with Gasteiger partial charge in [-0.1, -0.05) is 13.8 Å². The zero-order chi connectivity index (χ0) is 17.1. The number of rotatable bonds is 5. The van der Waals surface area contributed by atoms with Crippen LogP contribution in [-0.4, -0.2) is 23.5 Å². The Balaban J connectivity index is 3.33. The Morgan fingerprint density at radius 2 is 1.73 bits per heavy atom. The number of likely N-dealkylation sites (N-methyl/N-ethyl adjacent to an activating group) is 1. The van der Waals surface area contributed by atoms with Crippen LogP contribution in [0.5, 0.6) is 0 Å². The molecule has 0 radical (unpaired) electrons. The van der Waals surface area contributed by atoms with Crippen molar-refractivity contribution < 1.29 is 14.5 Å². The second-order valence-corrected chi connectivity index (χ2v) is 6.52. The van der Waals surface area contributed by atoms with Gasteiger partial charge in [-0.15, -0.1) is 0 Å². The van der Waals surface area contributed by atoms with Crippen molar-refractivity contribution in [2.75, 3.05) is 7.05 Å². The van der Waals surface area contributed by atoms with Crippen LogP contribution in [0, 0.1) is 16.0 Å². The van der Waals surface area contributed by atoms with Crippen LogP contribution in [0.3, 0.4) is 0 Å². The maximum atomic E-state index is 12.8. The normalized spacial score (nSPS) is 14.5. The van der Waals surface area contributed by atoms with E-state index in [0.29, 0.717) is 5.56 Å². The van der Waals surface area contributed by atoms with Gasteiger partial charge < -0.3 is 10.1 Å². The number of nitrogens with zero attached hydrogens (tertiary/aromatic N) is 1. The van der Waals surface area contributed by atoms with Crippen molar-refractivity contribution in [3.8, 4) is 0 Å². The van der Waals surface area contributed by atoms with Crippen LogP contribution in [0.25, 0.3) is 0 Å². The standard InChI is InChI=1S/C16H24N2O4/c1-11(2)16(17-6,14(19)22-15(3,4)5)12-7-9-13(10-8-12)18(20)21/h7-11,17H,1-6H3/t16-/m1/s1. The van der Waals surface area contributed by atoms with Gasteiger partial charge in [-0.05, 0) is 51.4 Å². The lowest BCUT2D eigenvalue weighted by Gasteiger charge is -2.37. The lowest BCUT2D eigenvalue weighted by atomic mass is 9.79. The van der Waals surface area contributed by atoms with E-state index in [1.54, 1.807) is 19.2 Å². The van der Waals surface area contributed by atoms with Gasteiger partial charge in [-0.3, -0.25) is 10.1 Å². The summed E-state index contributed by atoms with van der Waals surface area (Å²) < 4.78 is 5.55. The summed E-state index contributed by atoms with van der Waals surface area (Å²) in [5.74, 6) is -0.500. The maximum absolute atomic E-state index is 12.8. The van der Waals surface area contributed by atoms with Crippen LogP contribution in [0.4, 0.5) is 5.69 Å². The topological polar surface area (TPSA) is 81.5 Å². The van der Waals surface area contributed by atoms with Crippen molar-refractivity contribution in [2.24, 2.45) is 5.92 Å². The van der Waals surface area contributed by atoms with Gasteiger partial charge in [0.1, 0.15) is 11.1 Å². The van der Waals surface area contributed by atoms with Crippen LogP contribution < -0.4 is 5.32 Å². The first-order valence-corrected chi connectivity index (χ1v) is 7.22. The van der Waals surface area contributed by atoms with E-state index in [0.717, 1.165) is 0 Å². The molecule has 1 aromatic carbocycles. The number of ether oxygens (including phenoxy) is 1. The highest BCUT2D eigenvalue weighted by molar-refractivity contribution is 5.83. The summed E-state index contributed by atoms with van der Waals surface area (Å²) in [6, 6.07) is 5.99. The van der Waals surface area contributed by atoms with Crippen molar-refractivity contribution in [1.82, 2.24) is 5.32 Å². The lowest BCUT2D eigenvalue weighted by Crippen LogP contribution is -2.54. The van der Waals surface area contributed by atoms with Crippen LogP contribution in [0.15, 0.2) is 24.3 Å². The summed E-state index contributed by atoms with van der Waals surface area (Å²) in [5.41, 5.74) is -1.04. The van der Waals surface area contributed by atoms with E-state index in [-0.39, 0.29) is 11.6 Å². The first kappa shape index (κ1) is 18.1. The third kappa shape index (κ3) is 3.62. The molecule has 1 N–H and O–H groups in total. The molecule has 122 valence electrons. The van der Waals surface area contributed by atoms with Gasteiger partial charge >= 0.3 is 5.97 Å². The molecule has 0 spiro atoms. The smallest absolute Gasteiger partial charge is 0.331 e. The van der Waals surface area contributed by atoms with Crippen molar-refractivity contribution in [3.63, 3.8) is 0 Å². The number of hydrogen-bond donors (Lipinski definition) is 1. The number of carbonyl (C=O) groups is 1. The first-order chi connectivity index (χ1) is 10.0. The largest absolute Gasteiger partial charge is 0.458 e. The summed E-state index contributed by atoms with van der Waals surface area (Å²) >= 11 is 0. The third-order valence-corrected chi connectivity index (χ3v) is 3.51. The van der Waals surface area contributed by atoms with Gasteiger partial charge in [-0.2, -0.15) is 0 Å². The van der Waals surface area contributed by atoms with E-state index in [4.69, 9.17) is 4.74 Å². The molecule has 0 aliphatic carbocycles. The number of nitro groups is 1. The maximum Gasteiger partial charge on any atom is 0.331 e. The molecule has 0 unspecified atom stereocenters. The summed E-state index contributed by atoms with van der Waals surface area (Å²) in [6.45, 7) is 9.23. The Labute approximate surface area is 131 Å². The van der Waals surface area contributed by atoms with Crippen LogP contribution in [0.1, 0.15) is 40.2 Å². The highest BCUT2D eigenvalue weighted by Crippen LogP contribution is 2.33. The Hall–Kier alpha value is -1.95. The molecule has 1 rings (SSSR count). The van der Waals surface area contributed by atoms with E-state index < -0.39 is 22.0 Å². The van der Waals surface area contributed by atoms with Crippen molar-refractivity contribution in [3.05, 3.63) is 39.9 Å². The van der Waals surface area contributed by atoms with E-state index >= 15 is 0 Å². The molecule has 22 heavy (non-hydrogen) atoms. The molecule has 0 bridgehead atoms.